The quantitative estimate of drug-likeness (QED) is 0.790. The highest BCUT2D eigenvalue weighted by Crippen LogP contribution is 2.16. The zero-order valence-corrected chi connectivity index (χ0v) is 10.6. The van der Waals surface area contributed by atoms with Crippen molar-refractivity contribution in [3.8, 4) is 0 Å². The van der Waals surface area contributed by atoms with Gasteiger partial charge in [-0.05, 0) is 45.0 Å². The highest BCUT2D eigenvalue weighted by Gasteiger charge is 2.18. The van der Waals surface area contributed by atoms with Gasteiger partial charge in [0.25, 0.3) is 0 Å². The van der Waals surface area contributed by atoms with Crippen LogP contribution in [0.5, 0.6) is 0 Å². The molecule has 0 heterocycles. The fourth-order valence-electron chi connectivity index (χ4n) is 1.71. The van der Waals surface area contributed by atoms with Crippen molar-refractivity contribution in [1.82, 2.24) is 4.90 Å². The first kappa shape index (κ1) is 13.5. The van der Waals surface area contributed by atoms with Gasteiger partial charge in [-0.25, -0.2) is 9.18 Å². The van der Waals surface area contributed by atoms with Crippen LogP contribution >= 0.6 is 0 Å². The summed E-state index contributed by atoms with van der Waals surface area (Å²) in [7, 11) is 0. The summed E-state index contributed by atoms with van der Waals surface area (Å²) in [5, 5.41) is 0. The molecule has 0 aliphatic heterocycles. The Hall–Kier alpha value is -1.58. The molecule has 0 bridgehead atoms. The van der Waals surface area contributed by atoms with Gasteiger partial charge < -0.3 is 4.90 Å². The normalized spacial score (nSPS) is 10.1. The van der Waals surface area contributed by atoms with E-state index in [0.717, 1.165) is 5.69 Å². The van der Waals surface area contributed by atoms with Gasteiger partial charge in [-0.3, -0.25) is 4.90 Å². The first-order valence-electron chi connectivity index (χ1n) is 5.96. The van der Waals surface area contributed by atoms with E-state index in [-0.39, 0.29) is 11.8 Å². The van der Waals surface area contributed by atoms with E-state index in [0.29, 0.717) is 19.6 Å². The van der Waals surface area contributed by atoms with Crippen molar-refractivity contribution in [1.29, 1.82) is 0 Å². The van der Waals surface area contributed by atoms with Crippen molar-refractivity contribution in [2.75, 3.05) is 24.5 Å². The molecule has 3 nitrogen and oxygen atoms in total. The number of halogens is 1. The molecule has 0 spiro atoms. The molecule has 1 aromatic carbocycles. The van der Waals surface area contributed by atoms with Crippen LogP contribution in [-0.4, -0.2) is 30.6 Å². The summed E-state index contributed by atoms with van der Waals surface area (Å²) >= 11 is 0. The lowest BCUT2D eigenvalue weighted by molar-refractivity contribution is 0.210. The average Bonchev–Trinajstić information content (AvgIpc) is 2.34. The number of carbonyl (C=O) groups is 1. The number of nitrogens with zero attached hydrogens (tertiary/aromatic N) is 2. The van der Waals surface area contributed by atoms with Crippen LogP contribution in [0.3, 0.4) is 0 Å². The molecule has 2 amide bonds. The summed E-state index contributed by atoms with van der Waals surface area (Å²) in [5.74, 6) is -0.292. The van der Waals surface area contributed by atoms with Crippen LogP contribution in [0, 0.1) is 5.82 Å². The van der Waals surface area contributed by atoms with Crippen LogP contribution < -0.4 is 4.90 Å². The van der Waals surface area contributed by atoms with Crippen molar-refractivity contribution in [2.24, 2.45) is 0 Å². The summed E-state index contributed by atoms with van der Waals surface area (Å²) < 4.78 is 12.8. The van der Waals surface area contributed by atoms with Crippen molar-refractivity contribution in [3.63, 3.8) is 0 Å². The molecule has 94 valence electrons. The van der Waals surface area contributed by atoms with Crippen LogP contribution in [0.25, 0.3) is 0 Å². The summed E-state index contributed by atoms with van der Waals surface area (Å²) in [6.07, 6.45) is 0. The van der Waals surface area contributed by atoms with Gasteiger partial charge in [0.15, 0.2) is 0 Å². The molecule has 0 aliphatic rings. The minimum absolute atomic E-state index is 0.0379. The number of amides is 2. The third kappa shape index (κ3) is 3.19. The summed E-state index contributed by atoms with van der Waals surface area (Å²) in [4.78, 5) is 15.6. The van der Waals surface area contributed by atoms with Crippen LogP contribution in [0.1, 0.15) is 20.8 Å². The molecule has 1 rings (SSSR count). The second-order valence-corrected chi connectivity index (χ2v) is 3.68. The maximum absolute atomic E-state index is 12.8. The van der Waals surface area contributed by atoms with Gasteiger partial charge in [0.1, 0.15) is 5.82 Å². The lowest BCUT2D eigenvalue weighted by atomic mass is 10.3. The molecule has 0 unspecified atom stereocenters. The summed E-state index contributed by atoms with van der Waals surface area (Å²) in [6, 6.07) is 5.95. The van der Waals surface area contributed by atoms with Gasteiger partial charge in [0.2, 0.25) is 0 Å². The Morgan fingerprint density at radius 1 is 1.06 bits per heavy atom. The van der Waals surface area contributed by atoms with E-state index in [4.69, 9.17) is 0 Å². The van der Waals surface area contributed by atoms with Crippen LogP contribution in [0.4, 0.5) is 14.9 Å². The van der Waals surface area contributed by atoms with E-state index >= 15 is 0 Å². The Kier molecular flexibility index (Phi) is 4.94. The van der Waals surface area contributed by atoms with Gasteiger partial charge in [-0.1, -0.05) is 0 Å². The minimum atomic E-state index is -0.292. The minimum Gasteiger partial charge on any atom is -0.325 e. The number of rotatable bonds is 4. The zero-order valence-electron chi connectivity index (χ0n) is 10.6. The standard InChI is InChI=1S/C13H19FN2O/c1-4-15(5-2)13(17)16(6-3)12-9-7-11(14)8-10-12/h7-10H,4-6H2,1-3H3. The van der Waals surface area contributed by atoms with Crippen molar-refractivity contribution in [3.05, 3.63) is 30.1 Å². The number of urea groups is 1. The number of hydrogen-bond donors (Lipinski definition) is 0. The molecule has 0 fully saturated rings. The van der Waals surface area contributed by atoms with E-state index in [1.807, 2.05) is 20.8 Å². The molecule has 0 saturated carbocycles. The SMILES string of the molecule is CCN(CC)C(=O)N(CC)c1ccc(F)cc1. The second-order valence-electron chi connectivity index (χ2n) is 3.68. The molecular formula is C13H19FN2O. The van der Waals surface area contributed by atoms with Crippen LogP contribution in [0.15, 0.2) is 24.3 Å². The third-order valence-electron chi connectivity index (χ3n) is 2.72. The first-order chi connectivity index (χ1) is 8.13. The summed E-state index contributed by atoms with van der Waals surface area (Å²) in [5.41, 5.74) is 0.728. The average molecular weight is 238 g/mol. The van der Waals surface area contributed by atoms with Crippen LogP contribution in [0.2, 0.25) is 0 Å². The predicted molar refractivity (Wildman–Crippen MR) is 67.7 cm³/mol. The van der Waals surface area contributed by atoms with Crippen molar-refractivity contribution < 1.29 is 9.18 Å². The highest BCUT2D eigenvalue weighted by atomic mass is 19.1. The highest BCUT2D eigenvalue weighted by molar-refractivity contribution is 5.91. The number of hydrogen-bond acceptors (Lipinski definition) is 1. The van der Waals surface area contributed by atoms with Gasteiger partial charge in [0, 0.05) is 25.3 Å². The number of anilines is 1. The number of carbonyl (C=O) groups excluding carboxylic acids is 1. The summed E-state index contributed by atoms with van der Waals surface area (Å²) in [6.45, 7) is 7.71. The number of benzene rings is 1. The molecule has 0 atom stereocenters. The molecule has 17 heavy (non-hydrogen) atoms. The fraction of sp³-hybridized carbons (Fsp3) is 0.462. The van der Waals surface area contributed by atoms with E-state index < -0.39 is 0 Å². The van der Waals surface area contributed by atoms with E-state index in [1.165, 1.54) is 12.1 Å². The second kappa shape index (κ2) is 6.23. The molecule has 4 heteroatoms. The molecular weight excluding hydrogens is 219 g/mol. The van der Waals surface area contributed by atoms with Crippen LogP contribution in [-0.2, 0) is 0 Å². The van der Waals surface area contributed by atoms with E-state index in [1.54, 1.807) is 21.9 Å². The zero-order chi connectivity index (χ0) is 12.8. The van der Waals surface area contributed by atoms with E-state index in [9.17, 15) is 9.18 Å². The Bertz CT molecular complexity index is 360. The fourth-order valence-corrected chi connectivity index (χ4v) is 1.71. The maximum atomic E-state index is 12.8. The van der Waals surface area contributed by atoms with E-state index in [2.05, 4.69) is 0 Å². The van der Waals surface area contributed by atoms with Crippen molar-refractivity contribution >= 4 is 11.7 Å². The van der Waals surface area contributed by atoms with Crippen molar-refractivity contribution in [2.45, 2.75) is 20.8 Å². The molecule has 0 aliphatic carbocycles. The largest absolute Gasteiger partial charge is 0.325 e. The lowest BCUT2D eigenvalue weighted by Crippen LogP contribution is -2.43. The Labute approximate surface area is 102 Å². The van der Waals surface area contributed by atoms with Gasteiger partial charge >= 0.3 is 6.03 Å². The Balaban J connectivity index is 2.91. The lowest BCUT2D eigenvalue weighted by Gasteiger charge is -2.28. The maximum Gasteiger partial charge on any atom is 0.324 e. The topological polar surface area (TPSA) is 23.6 Å². The molecule has 0 aromatic heterocycles. The predicted octanol–water partition coefficient (Wildman–Crippen LogP) is 3.11. The van der Waals surface area contributed by atoms with Gasteiger partial charge in [0.05, 0.1) is 0 Å². The Morgan fingerprint density at radius 2 is 1.59 bits per heavy atom. The third-order valence-corrected chi connectivity index (χ3v) is 2.72. The monoisotopic (exact) mass is 238 g/mol. The Morgan fingerprint density at radius 3 is 2.00 bits per heavy atom. The molecule has 1 aromatic rings. The van der Waals surface area contributed by atoms with Gasteiger partial charge in [-0.15, -0.1) is 0 Å². The smallest absolute Gasteiger partial charge is 0.324 e. The molecule has 0 radical (unpaired) electrons. The molecule has 0 saturated heterocycles. The molecule has 0 N–H and O–H groups in total. The van der Waals surface area contributed by atoms with Gasteiger partial charge in [-0.2, -0.15) is 0 Å². The first-order valence-corrected chi connectivity index (χ1v) is 5.96.